The highest BCUT2D eigenvalue weighted by Crippen LogP contribution is 2.19. The monoisotopic (exact) mass is 236 g/mol. The van der Waals surface area contributed by atoms with E-state index in [1.54, 1.807) is 4.90 Å². The number of nitrogens with zero attached hydrogens (tertiary/aromatic N) is 1. The van der Waals surface area contributed by atoms with Crippen LogP contribution in [-0.4, -0.2) is 34.7 Å². The standard InChI is InChI=1S/C13H20N2O2/c1-6-15(7-2)13(17)12-8(3)11(10(5)16)9(4)14-12/h14H,6-7H2,1-5H3. The Kier molecular flexibility index (Phi) is 4.10. The fraction of sp³-hybridized carbons (Fsp3) is 0.538. The molecular formula is C13H20N2O2. The van der Waals surface area contributed by atoms with E-state index in [4.69, 9.17) is 0 Å². The summed E-state index contributed by atoms with van der Waals surface area (Å²) in [6, 6.07) is 0. The second-order valence-corrected chi connectivity index (χ2v) is 4.16. The molecule has 1 heterocycles. The van der Waals surface area contributed by atoms with Crippen LogP contribution in [0.5, 0.6) is 0 Å². The van der Waals surface area contributed by atoms with Gasteiger partial charge >= 0.3 is 0 Å². The summed E-state index contributed by atoms with van der Waals surface area (Å²) in [5.41, 5.74) is 2.70. The lowest BCUT2D eigenvalue weighted by Gasteiger charge is -2.18. The predicted molar refractivity (Wildman–Crippen MR) is 67.5 cm³/mol. The van der Waals surface area contributed by atoms with E-state index in [0.29, 0.717) is 24.3 Å². The molecule has 0 aromatic carbocycles. The van der Waals surface area contributed by atoms with Gasteiger partial charge in [-0.05, 0) is 40.2 Å². The number of aryl methyl sites for hydroxylation is 1. The van der Waals surface area contributed by atoms with E-state index >= 15 is 0 Å². The molecule has 1 amide bonds. The third-order valence-electron chi connectivity index (χ3n) is 3.05. The molecule has 0 atom stereocenters. The van der Waals surface area contributed by atoms with Crippen LogP contribution in [0.4, 0.5) is 0 Å². The molecule has 4 heteroatoms. The summed E-state index contributed by atoms with van der Waals surface area (Å²) >= 11 is 0. The summed E-state index contributed by atoms with van der Waals surface area (Å²) in [6.45, 7) is 10.4. The Hall–Kier alpha value is -1.58. The van der Waals surface area contributed by atoms with Crippen LogP contribution in [-0.2, 0) is 0 Å². The third kappa shape index (κ3) is 2.40. The molecule has 0 radical (unpaired) electrons. The zero-order valence-electron chi connectivity index (χ0n) is 11.2. The van der Waals surface area contributed by atoms with Crippen LogP contribution in [0.25, 0.3) is 0 Å². The number of ketones is 1. The summed E-state index contributed by atoms with van der Waals surface area (Å²) in [5.74, 6) is -0.0436. The molecular weight excluding hydrogens is 216 g/mol. The molecule has 1 rings (SSSR count). The van der Waals surface area contributed by atoms with Gasteiger partial charge in [0.05, 0.1) is 0 Å². The average molecular weight is 236 g/mol. The van der Waals surface area contributed by atoms with Crippen LogP contribution in [0.1, 0.15) is 52.9 Å². The zero-order valence-corrected chi connectivity index (χ0v) is 11.2. The van der Waals surface area contributed by atoms with Gasteiger partial charge in [0, 0.05) is 24.3 Å². The summed E-state index contributed by atoms with van der Waals surface area (Å²) in [5, 5.41) is 0. The zero-order chi connectivity index (χ0) is 13.2. The molecule has 0 aliphatic rings. The van der Waals surface area contributed by atoms with E-state index in [-0.39, 0.29) is 11.7 Å². The van der Waals surface area contributed by atoms with Crippen molar-refractivity contribution in [3.8, 4) is 0 Å². The Bertz CT molecular complexity index is 443. The number of rotatable bonds is 4. The van der Waals surface area contributed by atoms with Gasteiger partial charge in [0.1, 0.15) is 5.69 Å². The Balaban J connectivity index is 3.20. The first-order valence-electron chi connectivity index (χ1n) is 5.93. The number of H-pyrrole nitrogens is 1. The lowest BCUT2D eigenvalue weighted by molar-refractivity contribution is 0.0767. The van der Waals surface area contributed by atoms with Crippen molar-refractivity contribution in [2.24, 2.45) is 0 Å². The molecule has 17 heavy (non-hydrogen) atoms. The van der Waals surface area contributed by atoms with Crippen LogP contribution in [0.3, 0.4) is 0 Å². The molecule has 0 spiro atoms. The number of carbonyl (C=O) groups is 2. The van der Waals surface area contributed by atoms with E-state index in [9.17, 15) is 9.59 Å². The van der Waals surface area contributed by atoms with Gasteiger partial charge in [0.2, 0.25) is 0 Å². The molecule has 94 valence electrons. The van der Waals surface area contributed by atoms with Crippen molar-refractivity contribution in [2.45, 2.75) is 34.6 Å². The minimum atomic E-state index is -0.0388. The molecule has 0 aliphatic carbocycles. The van der Waals surface area contributed by atoms with Gasteiger partial charge in [-0.25, -0.2) is 0 Å². The number of nitrogens with one attached hydrogen (secondary N) is 1. The van der Waals surface area contributed by atoms with Crippen molar-refractivity contribution < 1.29 is 9.59 Å². The highest BCUT2D eigenvalue weighted by Gasteiger charge is 2.22. The summed E-state index contributed by atoms with van der Waals surface area (Å²) in [6.07, 6.45) is 0. The SMILES string of the molecule is CCN(CC)C(=O)c1[nH]c(C)c(C(C)=O)c1C. The minimum absolute atomic E-state index is 0.00477. The van der Waals surface area contributed by atoms with Gasteiger partial charge < -0.3 is 9.88 Å². The first-order chi connectivity index (χ1) is 7.93. The molecule has 0 fully saturated rings. The van der Waals surface area contributed by atoms with Crippen LogP contribution < -0.4 is 0 Å². The summed E-state index contributed by atoms with van der Waals surface area (Å²) in [7, 11) is 0. The van der Waals surface area contributed by atoms with Crippen molar-refractivity contribution in [3.63, 3.8) is 0 Å². The first-order valence-corrected chi connectivity index (χ1v) is 5.93. The fourth-order valence-corrected chi connectivity index (χ4v) is 2.16. The van der Waals surface area contributed by atoms with Gasteiger partial charge in [-0.3, -0.25) is 9.59 Å². The topological polar surface area (TPSA) is 53.2 Å². The van der Waals surface area contributed by atoms with Crippen molar-refractivity contribution >= 4 is 11.7 Å². The Labute approximate surface area is 102 Å². The Morgan fingerprint density at radius 1 is 1.18 bits per heavy atom. The lowest BCUT2D eigenvalue weighted by atomic mass is 10.1. The van der Waals surface area contributed by atoms with Crippen LogP contribution >= 0.6 is 0 Å². The number of hydrogen-bond acceptors (Lipinski definition) is 2. The Morgan fingerprint density at radius 2 is 1.71 bits per heavy atom. The van der Waals surface area contributed by atoms with E-state index in [2.05, 4.69) is 4.98 Å². The number of aromatic amines is 1. The number of aromatic nitrogens is 1. The molecule has 0 unspecified atom stereocenters. The molecule has 1 aromatic heterocycles. The smallest absolute Gasteiger partial charge is 0.270 e. The van der Waals surface area contributed by atoms with Crippen LogP contribution in [0.15, 0.2) is 0 Å². The maximum absolute atomic E-state index is 12.2. The van der Waals surface area contributed by atoms with Gasteiger partial charge in [-0.1, -0.05) is 0 Å². The second-order valence-electron chi connectivity index (χ2n) is 4.16. The van der Waals surface area contributed by atoms with Gasteiger partial charge in [-0.15, -0.1) is 0 Å². The summed E-state index contributed by atoms with van der Waals surface area (Å²) < 4.78 is 0. The Morgan fingerprint density at radius 3 is 2.06 bits per heavy atom. The van der Waals surface area contributed by atoms with Gasteiger partial charge in [-0.2, -0.15) is 0 Å². The minimum Gasteiger partial charge on any atom is -0.354 e. The van der Waals surface area contributed by atoms with Crippen molar-refractivity contribution in [1.82, 2.24) is 9.88 Å². The second kappa shape index (κ2) is 5.17. The highest BCUT2D eigenvalue weighted by atomic mass is 16.2. The predicted octanol–water partition coefficient (Wildman–Crippen LogP) is 2.32. The third-order valence-corrected chi connectivity index (χ3v) is 3.05. The number of carbonyl (C=O) groups excluding carboxylic acids is 2. The molecule has 1 aromatic rings. The van der Waals surface area contributed by atoms with Crippen molar-refractivity contribution in [2.75, 3.05) is 13.1 Å². The normalized spacial score (nSPS) is 10.4. The highest BCUT2D eigenvalue weighted by molar-refractivity contribution is 6.02. The fourth-order valence-electron chi connectivity index (χ4n) is 2.16. The maximum atomic E-state index is 12.2. The van der Waals surface area contributed by atoms with Gasteiger partial charge in [0.15, 0.2) is 5.78 Å². The molecule has 0 bridgehead atoms. The van der Waals surface area contributed by atoms with E-state index in [1.807, 2.05) is 27.7 Å². The first kappa shape index (κ1) is 13.5. The van der Waals surface area contributed by atoms with Gasteiger partial charge in [0.25, 0.3) is 5.91 Å². The quantitative estimate of drug-likeness (QED) is 0.816. The van der Waals surface area contributed by atoms with E-state index in [1.165, 1.54) is 6.92 Å². The molecule has 1 N–H and O–H groups in total. The molecule has 0 saturated carbocycles. The van der Waals surface area contributed by atoms with Crippen LogP contribution in [0, 0.1) is 13.8 Å². The number of amides is 1. The molecule has 0 saturated heterocycles. The number of hydrogen-bond donors (Lipinski definition) is 1. The molecule has 4 nitrogen and oxygen atoms in total. The van der Waals surface area contributed by atoms with Crippen molar-refractivity contribution in [3.05, 3.63) is 22.5 Å². The summed E-state index contributed by atoms with van der Waals surface area (Å²) in [4.78, 5) is 28.5. The van der Waals surface area contributed by atoms with E-state index < -0.39 is 0 Å². The molecule has 0 aliphatic heterocycles. The lowest BCUT2D eigenvalue weighted by Crippen LogP contribution is -2.31. The van der Waals surface area contributed by atoms with Crippen LogP contribution in [0.2, 0.25) is 0 Å². The average Bonchev–Trinajstić information content (AvgIpc) is 2.55. The number of Topliss-reactive ketones (excluding diaryl/α,β-unsaturated/α-hetero) is 1. The largest absolute Gasteiger partial charge is 0.354 e. The van der Waals surface area contributed by atoms with Crippen molar-refractivity contribution in [1.29, 1.82) is 0 Å². The van der Waals surface area contributed by atoms with E-state index in [0.717, 1.165) is 11.3 Å². The maximum Gasteiger partial charge on any atom is 0.270 e.